The van der Waals surface area contributed by atoms with Gasteiger partial charge in [0.1, 0.15) is 0 Å². The van der Waals surface area contributed by atoms with Crippen LogP contribution in [-0.4, -0.2) is 56.4 Å². The molecule has 3 aromatic rings. The van der Waals surface area contributed by atoms with Crippen molar-refractivity contribution >= 4 is 28.3 Å². The molecule has 2 aromatic heterocycles. The number of thiazole rings is 1. The summed E-state index contributed by atoms with van der Waals surface area (Å²) in [5.74, 6) is 0.0434. The highest BCUT2D eigenvalue weighted by Crippen LogP contribution is 2.30. The number of rotatable bonds is 4. The molecule has 0 spiro atoms. The second-order valence-corrected chi connectivity index (χ2v) is 9.09. The Hall–Kier alpha value is -2.45. The Morgan fingerprint density at radius 2 is 2.00 bits per heavy atom. The van der Waals surface area contributed by atoms with E-state index in [4.69, 9.17) is 0 Å². The Labute approximate surface area is 179 Å². The molecule has 1 aliphatic heterocycles. The van der Waals surface area contributed by atoms with Gasteiger partial charge in [-0.05, 0) is 37.5 Å². The standard InChI is InChI=1S/C22H27N5O2S/c28-21(26-9-3-8-25(10-11-26)13-17-14-30-15-23-17)16-6-7-20-19(12-16)24-22(29)27(20)18-4-1-2-5-18/h6-7,12,14-15,18H,1-5,8-11,13H2,(H,24,29). The molecule has 158 valence electrons. The number of carbonyl (C=O) groups excluding carboxylic acids is 1. The number of hydrogen-bond donors (Lipinski definition) is 1. The molecule has 3 heterocycles. The molecule has 0 radical (unpaired) electrons. The fourth-order valence-electron chi connectivity index (χ4n) is 4.85. The topological polar surface area (TPSA) is 74.2 Å². The lowest BCUT2D eigenvalue weighted by molar-refractivity contribution is 0.0761. The smallest absolute Gasteiger partial charge is 0.326 e. The predicted octanol–water partition coefficient (Wildman–Crippen LogP) is 3.25. The SMILES string of the molecule is O=C(c1ccc2c(c1)[nH]c(=O)n2C1CCCC1)N1CCCN(Cc2cscn2)CC1. The molecular formula is C22H27N5O2S. The van der Waals surface area contributed by atoms with E-state index in [1.54, 1.807) is 11.3 Å². The van der Waals surface area contributed by atoms with Crippen LogP contribution in [0.2, 0.25) is 0 Å². The van der Waals surface area contributed by atoms with Crippen molar-refractivity contribution in [2.24, 2.45) is 0 Å². The van der Waals surface area contributed by atoms with E-state index in [9.17, 15) is 9.59 Å². The Bertz CT molecular complexity index is 1080. The van der Waals surface area contributed by atoms with Crippen LogP contribution >= 0.6 is 11.3 Å². The molecule has 0 unspecified atom stereocenters. The van der Waals surface area contributed by atoms with Crippen LogP contribution in [0.5, 0.6) is 0 Å². The highest BCUT2D eigenvalue weighted by atomic mass is 32.1. The van der Waals surface area contributed by atoms with Crippen LogP contribution in [0.1, 0.15) is 54.2 Å². The van der Waals surface area contributed by atoms with Crippen LogP contribution in [0.25, 0.3) is 11.0 Å². The van der Waals surface area contributed by atoms with Crippen LogP contribution in [0, 0.1) is 0 Å². The van der Waals surface area contributed by atoms with Gasteiger partial charge in [0.25, 0.3) is 5.91 Å². The quantitative estimate of drug-likeness (QED) is 0.696. The summed E-state index contributed by atoms with van der Waals surface area (Å²) in [6.45, 7) is 4.12. The van der Waals surface area contributed by atoms with E-state index in [1.165, 1.54) is 12.8 Å². The first-order chi connectivity index (χ1) is 14.7. The largest absolute Gasteiger partial charge is 0.337 e. The van der Waals surface area contributed by atoms with Gasteiger partial charge in [0.05, 0.1) is 22.2 Å². The first kappa shape index (κ1) is 19.5. The minimum atomic E-state index is -0.0612. The van der Waals surface area contributed by atoms with E-state index < -0.39 is 0 Å². The van der Waals surface area contributed by atoms with Gasteiger partial charge in [0.2, 0.25) is 0 Å². The number of H-pyrrole nitrogens is 1. The molecule has 7 nitrogen and oxygen atoms in total. The monoisotopic (exact) mass is 425 g/mol. The third-order valence-corrected chi connectivity index (χ3v) is 7.03. The van der Waals surface area contributed by atoms with Crippen molar-refractivity contribution in [3.05, 3.63) is 50.8 Å². The molecule has 1 N–H and O–H groups in total. The van der Waals surface area contributed by atoms with Crippen molar-refractivity contribution in [3.8, 4) is 0 Å². The highest BCUT2D eigenvalue weighted by Gasteiger charge is 2.24. The van der Waals surface area contributed by atoms with Crippen LogP contribution < -0.4 is 5.69 Å². The van der Waals surface area contributed by atoms with E-state index in [2.05, 4.69) is 20.2 Å². The Morgan fingerprint density at radius 1 is 1.13 bits per heavy atom. The second-order valence-electron chi connectivity index (χ2n) is 8.37. The van der Waals surface area contributed by atoms with E-state index in [0.717, 1.165) is 62.2 Å². The summed E-state index contributed by atoms with van der Waals surface area (Å²) in [7, 11) is 0. The van der Waals surface area contributed by atoms with Crippen molar-refractivity contribution in [2.45, 2.75) is 44.7 Å². The number of carbonyl (C=O) groups is 1. The number of aromatic amines is 1. The molecule has 1 aromatic carbocycles. The van der Waals surface area contributed by atoms with Crippen molar-refractivity contribution in [3.63, 3.8) is 0 Å². The van der Waals surface area contributed by atoms with E-state index in [1.807, 2.05) is 33.2 Å². The molecule has 0 atom stereocenters. The first-order valence-electron chi connectivity index (χ1n) is 10.8. The summed E-state index contributed by atoms with van der Waals surface area (Å²) in [6.07, 6.45) is 5.41. The lowest BCUT2D eigenvalue weighted by Crippen LogP contribution is -2.35. The summed E-state index contributed by atoms with van der Waals surface area (Å²) in [5, 5.41) is 2.08. The van der Waals surface area contributed by atoms with E-state index in [-0.39, 0.29) is 17.6 Å². The van der Waals surface area contributed by atoms with Crippen molar-refractivity contribution in [1.82, 2.24) is 24.3 Å². The third kappa shape index (κ3) is 3.81. The minimum Gasteiger partial charge on any atom is -0.337 e. The molecule has 1 saturated carbocycles. The number of nitrogens with one attached hydrogen (secondary N) is 1. The summed E-state index contributed by atoms with van der Waals surface area (Å²) in [4.78, 5) is 37.3. The number of fused-ring (bicyclic) bond motifs is 1. The van der Waals surface area contributed by atoms with Gasteiger partial charge in [-0.1, -0.05) is 12.8 Å². The molecule has 5 rings (SSSR count). The zero-order valence-electron chi connectivity index (χ0n) is 17.0. The molecule has 1 amide bonds. The average Bonchev–Trinajstić information content (AvgIpc) is 3.46. The summed E-state index contributed by atoms with van der Waals surface area (Å²) in [6, 6.07) is 5.94. The van der Waals surface area contributed by atoms with Gasteiger partial charge in [0.15, 0.2) is 0 Å². The first-order valence-corrected chi connectivity index (χ1v) is 11.8. The van der Waals surface area contributed by atoms with Crippen LogP contribution in [0.3, 0.4) is 0 Å². The lowest BCUT2D eigenvalue weighted by atomic mass is 10.1. The minimum absolute atomic E-state index is 0.0434. The van der Waals surface area contributed by atoms with Gasteiger partial charge in [-0.3, -0.25) is 14.3 Å². The number of amides is 1. The van der Waals surface area contributed by atoms with Gasteiger partial charge in [-0.25, -0.2) is 9.78 Å². The summed E-state index contributed by atoms with van der Waals surface area (Å²) >= 11 is 1.62. The summed E-state index contributed by atoms with van der Waals surface area (Å²) in [5.41, 5.74) is 5.22. The Morgan fingerprint density at radius 3 is 2.80 bits per heavy atom. The van der Waals surface area contributed by atoms with Crippen LogP contribution in [0.15, 0.2) is 33.9 Å². The third-order valence-electron chi connectivity index (χ3n) is 6.40. The van der Waals surface area contributed by atoms with Crippen LogP contribution in [-0.2, 0) is 6.54 Å². The number of aromatic nitrogens is 3. The number of hydrogen-bond acceptors (Lipinski definition) is 5. The molecule has 8 heteroatoms. The fourth-order valence-corrected chi connectivity index (χ4v) is 5.40. The van der Waals surface area contributed by atoms with Gasteiger partial charge in [0, 0.05) is 49.7 Å². The van der Waals surface area contributed by atoms with Gasteiger partial charge in [-0.2, -0.15) is 0 Å². The average molecular weight is 426 g/mol. The number of benzene rings is 1. The van der Waals surface area contributed by atoms with Crippen LogP contribution in [0.4, 0.5) is 0 Å². The Kier molecular flexibility index (Phi) is 5.43. The molecule has 2 fully saturated rings. The van der Waals surface area contributed by atoms with Crippen molar-refractivity contribution in [2.75, 3.05) is 26.2 Å². The molecule has 30 heavy (non-hydrogen) atoms. The van der Waals surface area contributed by atoms with Gasteiger partial charge < -0.3 is 9.88 Å². The number of nitrogens with zero attached hydrogens (tertiary/aromatic N) is 4. The van der Waals surface area contributed by atoms with Crippen molar-refractivity contribution < 1.29 is 4.79 Å². The zero-order chi connectivity index (χ0) is 20.5. The number of imidazole rings is 1. The van der Waals surface area contributed by atoms with Crippen molar-refractivity contribution in [1.29, 1.82) is 0 Å². The molecule has 2 aliphatic rings. The molecular weight excluding hydrogens is 398 g/mol. The Balaban J connectivity index is 1.31. The maximum Gasteiger partial charge on any atom is 0.326 e. The maximum absolute atomic E-state index is 13.2. The fraction of sp³-hybridized carbons (Fsp3) is 0.500. The van der Waals surface area contributed by atoms with Gasteiger partial charge >= 0.3 is 5.69 Å². The predicted molar refractivity (Wildman–Crippen MR) is 118 cm³/mol. The molecule has 1 aliphatic carbocycles. The molecule has 0 bridgehead atoms. The van der Waals surface area contributed by atoms with E-state index in [0.29, 0.717) is 12.1 Å². The highest BCUT2D eigenvalue weighted by molar-refractivity contribution is 7.07. The zero-order valence-corrected chi connectivity index (χ0v) is 17.9. The van der Waals surface area contributed by atoms with E-state index >= 15 is 0 Å². The van der Waals surface area contributed by atoms with Gasteiger partial charge in [-0.15, -0.1) is 11.3 Å². The maximum atomic E-state index is 13.2. The lowest BCUT2D eigenvalue weighted by Gasteiger charge is -2.21. The second kappa shape index (κ2) is 8.35. The summed E-state index contributed by atoms with van der Waals surface area (Å²) < 4.78 is 1.89. The molecule has 1 saturated heterocycles. The normalized spacial score (nSPS) is 18.9.